The molecule has 0 radical (unpaired) electrons. The van der Waals surface area contributed by atoms with Gasteiger partial charge in [0.1, 0.15) is 5.82 Å². The summed E-state index contributed by atoms with van der Waals surface area (Å²) in [6, 6.07) is 6.10. The fraction of sp³-hybridized carbons (Fsp3) is 0.533. The first-order valence-corrected chi connectivity index (χ1v) is 8.05. The first-order valence-electron chi connectivity index (χ1n) is 6.65. The van der Waals surface area contributed by atoms with E-state index in [0.29, 0.717) is 5.75 Å². The van der Waals surface area contributed by atoms with Crippen LogP contribution in [-0.4, -0.2) is 35.2 Å². The van der Waals surface area contributed by atoms with E-state index >= 15 is 0 Å². The Labute approximate surface area is 123 Å². The van der Waals surface area contributed by atoms with Gasteiger partial charge in [-0.2, -0.15) is 11.8 Å². The largest absolute Gasteiger partial charge is 0.387 e. The van der Waals surface area contributed by atoms with Gasteiger partial charge in [0.2, 0.25) is 5.91 Å². The number of carbonyl (C=O) groups excluding carboxylic acids is 1. The maximum atomic E-state index is 12.9. The third kappa shape index (κ3) is 3.33. The van der Waals surface area contributed by atoms with Gasteiger partial charge in [-0.05, 0) is 43.7 Å². The highest BCUT2D eigenvalue weighted by atomic mass is 32.2. The Bertz CT molecular complexity index is 483. The predicted octanol–water partition coefficient (Wildman–Crippen LogP) is 2.09. The number of benzene rings is 1. The summed E-state index contributed by atoms with van der Waals surface area (Å²) in [6.45, 7) is 1.94. The lowest BCUT2D eigenvalue weighted by molar-refractivity contribution is -0.124. The lowest BCUT2D eigenvalue weighted by Crippen LogP contribution is -2.45. The van der Waals surface area contributed by atoms with Crippen LogP contribution in [0, 0.1) is 5.82 Å². The molecule has 1 fully saturated rings. The van der Waals surface area contributed by atoms with Crippen LogP contribution in [0.25, 0.3) is 0 Å². The molecule has 5 heteroatoms. The average Bonchev–Trinajstić information content (AvgIpc) is 3.18. The molecule has 1 aromatic carbocycles. The van der Waals surface area contributed by atoms with Gasteiger partial charge in [-0.25, -0.2) is 4.39 Å². The molecule has 1 aliphatic carbocycles. The van der Waals surface area contributed by atoms with E-state index in [1.165, 1.54) is 23.9 Å². The molecule has 0 spiro atoms. The molecule has 1 unspecified atom stereocenters. The van der Waals surface area contributed by atoms with Crippen LogP contribution in [-0.2, 0) is 10.2 Å². The number of halogens is 1. The van der Waals surface area contributed by atoms with Gasteiger partial charge in [0.15, 0.2) is 0 Å². The molecule has 1 atom stereocenters. The van der Waals surface area contributed by atoms with Gasteiger partial charge in [-0.1, -0.05) is 12.1 Å². The molecule has 0 saturated heterocycles. The van der Waals surface area contributed by atoms with E-state index in [1.54, 1.807) is 19.1 Å². The Morgan fingerprint density at radius 3 is 2.55 bits per heavy atom. The molecule has 20 heavy (non-hydrogen) atoms. The molecule has 1 saturated carbocycles. The summed E-state index contributed by atoms with van der Waals surface area (Å²) in [5.74, 6) is 0.190. The topological polar surface area (TPSA) is 49.3 Å². The predicted molar refractivity (Wildman–Crippen MR) is 79.3 cm³/mol. The van der Waals surface area contributed by atoms with Crippen molar-refractivity contribution in [1.29, 1.82) is 0 Å². The zero-order valence-electron chi connectivity index (χ0n) is 11.8. The van der Waals surface area contributed by atoms with Crippen molar-refractivity contribution in [3.05, 3.63) is 35.6 Å². The van der Waals surface area contributed by atoms with Crippen molar-refractivity contribution < 1.29 is 14.3 Å². The summed E-state index contributed by atoms with van der Waals surface area (Å²) in [5, 5.41) is 12.9. The van der Waals surface area contributed by atoms with Crippen LogP contribution in [0.4, 0.5) is 4.39 Å². The minimum atomic E-state index is -0.909. The summed E-state index contributed by atoms with van der Waals surface area (Å²) in [4.78, 5) is 12.3. The Morgan fingerprint density at radius 2 is 2.05 bits per heavy atom. The van der Waals surface area contributed by atoms with E-state index in [1.807, 2.05) is 6.26 Å². The molecule has 0 bridgehead atoms. The van der Waals surface area contributed by atoms with Gasteiger partial charge in [0.05, 0.1) is 11.0 Å². The van der Waals surface area contributed by atoms with E-state index in [0.717, 1.165) is 18.4 Å². The van der Waals surface area contributed by atoms with Crippen molar-refractivity contribution in [1.82, 2.24) is 5.32 Å². The van der Waals surface area contributed by atoms with Gasteiger partial charge in [0, 0.05) is 12.3 Å². The quantitative estimate of drug-likeness (QED) is 0.845. The van der Waals surface area contributed by atoms with E-state index in [-0.39, 0.29) is 18.3 Å². The molecule has 2 rings (SSSR count). The van der Waals surface area contributed by atoms with Crippen molar-refractivity contribution in [3.8, 4) is 0 Å². The summed E-state index contributed by atoms with van der Waals surface area (Å²) < 4.78 is 12.9. The second-order valence-corrected chi connectivity index (χ2v) is 6.57. The maximum Gasteiger partial charge on any atom is 0.230 e. The van der Waals surface area contributed by atoms with Gasteiger partial charge >= 0.3 is 0 Å². The lowest BCUT2D eigenvalue weighted by Gasteiger charge is -2.24. The standard InChI is InChI=1S/C15H20FNO2S/c1-14(19,10-20-2)9-17-13(18)15(7-8-15)11-3-5-12(16)6-4-11/h3-6,19H,7-10H2,1-2H3,(H,17,18). The first-order chi connectivity index (χ1) is 9.39. The molecule has 1 aliphatic rings. The van der Waals surface area contributed by atoms with Crippen molar-refractivity contribution in [3.63, 3.8) is 0 Å². The van der Waals surface area contributed by atoms with Gasteiger partial charge in [-0.15, -0.1) is 0 Å². The van der Waals surface area contributed by atoms with Crippen LogP contribution in [0.15, 0.2) is 24.3 Å². The summed E-state index contributed by atoms with van der Waals surface area (Å²) in [7, 11) is 0. The van der Waals surface area contributed by atoms with Crippen LogP contribution in [0.5, 0.6) is 0 Å². The Hall–Kier alpha value is -1.07. The number of thioether (sulfide) groups is 1. The molecule has 0 aromatic heterocycles. The molecule has 0 aliphatic heterocycles. The second kappa shape index (κ2) is 5.74. The fourth-order valence-electron chi connectivity index (χ4n) is 2.34. The molecule has 110 valence electrons. The zero-order valence-corrected chi connectivity index (χ0v) is 12.6. The number of aliphatic hydroxyl groups is 1. The first kappa shape index (κ1) is 15.3. The smallest absolute Gasteiger partial charge is 0.230 e. The van der Waals surface area contributed by atoms with Crippen LogP contribution >= 0.6 is 11.8 Å². The van der Waals surface area contributed by atoms with Crippen LogP contribution in [0.3, 0.4) is 0 Å². The molecular formula is C15H20FNO2S. The molecule has 1 aromatic rings. The second-order valence-electron chi connectivity index (χ2n) is 5.70. The number of amides is 1. The van der Waals surface area contributed by atoms with Gasteiger partial charge in [0.25, 0.3) is 0 Å². The van der Waals surface area contributed by atoms with Crippen molar-refractivity contribution in [2.24, 2.45) is 0 Å². The Morgan fingerprint density at radius 1 is 1.45 bits per heavy atom. The molecule has 2 N–H and O–H groups in total. The average molecular weight is 297 g/mol. The minimum Gasteiger partial charge on any atom is -0.387 e. The molecule has 3 nitrogen and oxygen atoms in total. The summed E-state index contributed by atoms with van der Waals surface area (Å²) >= 11 is 1.54. The minimum absolute atomic E-state index is 0.0783. The lowest BCUT2D eigenvalue weighted by atomic mass is 9.94. The van der Waals surface area contributed by atoms with Crippen LogP contribution < -0.4 is 5.32 Å². The normalized spacial score (nSPS) is 19.2. The molecule has 1 amide bonds. The molecular weight excluding hydrogens is 277 g/mol. The number of hydrogen-bond acceptors (Lipinski definition) is 3. The SMILES string of the molecule is CSCC(C)(O)CNC(=O)C1(c2ccc(F)cc2)CC1. The highest BCUT2D eigenvalue weighted by Gasteiger charge is 2.51. The van der Waals surface area contributed by atoms with E-state index in [9.17, 15) is 14.3 Å². The number of nitrogens with one attached hydrogen (secondary N) is 1. The summed E-state index contributed by atoms with van der Waals surface area (Å²) in [5.41, 5.74) is -0.585. The monoisotopic (exact) mass is 297 g/mol. The van der Waals surface area contributed by atoms with Gasteiger partial charge < -0.3 is 10.4 Å². The van der Waals surface area contributed by atoms with E-state index < -0.39 is 11.0 Å². The highest BCUT2D eigenvalue weighted by molar-refractivity contribution is 7.98. The maximum absolute atomic E-state index is 12.9. The van der Waals surface area contributed by atoms with E-state index in [4.69, 9.17) is 0 Å². The Kier molecular flexibility index (Phi) is 4.39. The molecule has 0 heterocycles. The van der Waals surface area contributed by atoms with Crippen molar-refractivity contribution in [2.45, 2.75) is 30.8 Å². The van der Waals surface area contributed by atoms with Crippen molar-refractivity contribution >= 4 is 17.7 Å². The van der Waals surface area contributed by atoms with Gasteiger partial charge in [-0.3, -0.25) is 4.79 Å². The third-order valence-electron chi connectivity index (χ3n) is 3.67. The number of hydrogen-bond donors (Lipinski definition) is 2. The Balaban J connectivity index is 2.00. The van der Waals surface area contributed by atoms with Crippen LogP contribution in [0.2, 0.25) is 0 Å². The number of rotatable bonds is 6. The fourth-order valence-corrected chi connectivity index (χ4v) is 3.07. The third-order valence-corrected chi connectivity index (χ3v) is 4.58. The van der Waals surface area contributed by atoms with Crippen LogP contribution in [0.1, 0.15) is 25.3 Å². The highest BCUT2D eigenvalue weighted by Crippen LogP contribution is 2.48. The van der Waals surface area contributed by atoms with E-state index in [2.05, 4.69) is 5.32 Å². The summed E-state index contributed by atoms with van der Waals surface area (Å²) in [6.07, 6.45) is 3.46. The number of carbonyl (C=O) groups is 1. The van der Waals surface area contributed by atoms with Crippen molar-refractivity contribution in [2.75, 3.05) is 18.6 Å². The zero-order chi connectivity index (χ0) is 14.8.